The number of nitrogens with one attached hydrogen (secondary N) is 1. The second kappa shape index (κ2) is 5.52. The average Bonchev–Trinajstić information content (AvgIpc) is 2.35. The van der Waals surface area contributed by atoms with Gasteiger partial charge in [-0.2, -0.15) is 0 Å². The zero-order valence-electron chi connectivity index (χ0n) is 12.4. The van der Waals surface area contributed by atoms with Crippen LogP contribution in [0.3, 0.4) is 0 Å². The molecular weight excluding hydrogens is 258 g/mol. The number of amides is 4. The van der Waals surface area contributed by atoms with E-state index in [4.69, 9.17) is 0 Å². The van der Waals surface area contributed by atoms with E-state index in [1.54, 1.807) is 0 Å². The van der Waals surface area contributed by atoms with Crippen LogP contribution in [0.5, 0.6) is 0 Å². The molecule has 1 saturated carbocycles. The van der Waals surface area contributed by atoms with Crippen molar-refractivity contribution < 1.29 is 14.4 Å². The van der Waals surface area contributed by atoms with E-state index in [1.165, 1.54) is 4.90 Å². The van der Waals surface area contributed by atoms with Gasteiger partial charge in [-0.05, 0) is 33.2 Å². The first-order valence-electron chi connectivity index (χ1n) is 7.30. The van der Waals surface area contributed by atoms with Crippen molar-refractivity contribution in [2.75, 3.05) is 20.1 Å². The summed E-state index contributed by atoms with van der Waals surface area (Å²) in [6.07, 6.45) is 3.00. The van der Waals surface area contributed by atoms with Crippen LogP contribution < -0.4 is 5.32 Å². The third kappa shape index (κ3) is 2.32. The van der Waals surface area contributed by atoms with Gasteiger partial charge in [-0.15, -0.1) is 0 Å². The van der Waals surface area contributed by atoms with Crippen LogP contribution in [0.1, 0.15) is 39.5 Å². The quantitative estimate of drug-likeness (QED) is 0.762. The molecule has 6 heteroatoms. The smallest absolute Gasteiger partial charge is 0.302 e. The lowest BCUT2D eigenvalue weighted by molar-refractivity contribution is -0.157. The van der Waals surface area contributed by atoms with Crippen LogP contribution in [0.2, 0.25) is 0 Å². The molecule has 1 N–H and O–H groups in total. The van der Waals surface area contributed by atoms with Crippen LogP contribution >= 0.6 is 0 Å². The summed E-state index contributed by atoms with van der Waals surface area (Å²) in [6.45, 7) is 5.16. The summed E-state index contributed by atoms with van der Waals surface area (Å²) in [5, 5.41) is 2.33. The molecule has 2 fully saturated rings. The van der Waals surface area contributed by atoms with Gasteiger partial charge in [0.05, 0.1) is 0 Å². The van der Waals surface area contributed by atoms with Crippen molar-refractivity contribution >= 4 is 17.8 Å². The van der Waals surface area contributed by atoms with Gasteiger partial charge < -0.3 is 4.90 Å². The predicted molar refractivity (Wildman–Crippen MR) is 73.9 cm³/mol. The van der Waals surface area contributed by atoms with Crippen molar-refractivity contribution in [2.45, 2.75) is 45.6 Å². The van der Waals surface area contributed by atoms with Crippen molar-refractivity contribution in [3.8, 4) is 0 Å². The Morgan fingerprint density at radius 2 is 2.00 bits per heavy atom. The van der Waals surface area contributed by atoms with Gasteiger partial charge in [-0.1, -0.05) is 13.3 Å². The number of urea groups is 1. The number of likely N-dealkylation sites (N-methyl/N-ethyl adjacent to an activating group) is 1. The van der Waals surface area contributed by atoms with Crippen LogP contribution in [0.4, 0.5) is 4.79 Å². The summed E-state index contributed by atoms with van der Waals surface area (Å²) < 4.78 is 0. The lowest BCUT2D eigenvalue weighted by Crippen LogP contribution is -2.66. The molecule has 2 aliphatic rings. The fraction of sp³-hybridized carbons (Fsp3) is 0.786. The van der Waals surface area contributed by atoms with Gasteiger partial charge in [-0.25, -0.2) is 4.79 Å². The van der Waals surface area contributed by atoms with E-state index in [-0.39, 0.29) is 5.91 Å². The molecule has 2 rings (SSSR count). The number of carbonyl (C=O) groups excluding carboxylic acids is 3. The topological polar surface area (TPSA) is 69.7 Å². The monoisotopic (exact) mass is 281 g/mol. The Hall–Kier alpha value is -1.43. The summed E-state index contributed by atoms with van der Waals surface area (Å²) in [5.74, 6) is -0.722. The molecule has 0 aromatic carbocycles. The van der Waals surface area contributed by atoms with Crippen LogP contribution in [0, 0.1) is 5.41 Å². The Morgan fingerprint density at radius 3 is 2.50 bits per heavy atom. The highest BCUT2D eigenvalue weighted by Crippen LogP contribution is 2.44. The average molecular weight is 281 g/mol. The SMILES string of the molecule is CCC(C)N(C)CCN1C(=O)NC(=O)C2(CCC2)C1=O. The van der Waals surface area contributed by atoms with E-state index < -0.39 is 17.4 Å². The molecular formula is C14H23N3O3. The summed E-state index contributed by atoms with van der Waals surface area (Å²) in [5.41, 5.74) is -0.956. The van der Waals surface area contributed by atoms with Gasteiger partial charge in [0.2, 0.25) is 11.8 Å². The van der Waals surface area contributed by atoms with Crippen LogP contribution in [0.25, 0.3) is 0 Å². The molecule has 1 spiro atoms. The molecule has 0 bridgehead atoms. The van der Waals surface area contributed by atoms with Gasteiger partial charge in [0.15, 0.2) is 0 Å². The van der Waals surface area contributed by atoms with E-state index in [2.05, 4.69) is 24.1 Å². The number of hydrogen-bond acceptors (Lipinski definition) is 4. The second-order valence-electron chi connectivity index (χ2n) is 5.89. The molecule has 1 aliphatic heterocycles. The molecule has 1 unspecified atom stereocenters. The van der Waals surface area contributed by atoms with Crippen LogP contribution in [0.15, 0.2) is 0 Å². The van der Waals surface area contributed by atoms with Gasteiger partial charge in [0.1, 0.15) is 5.41 Å². The lowest BCUT2D eigenvalue weighted by Gasteiger charge is -2.44. The molecule has 112 valence electrons. The van der Waals surface area contributed by atoms with Gasteiger partial charge in [0.25, 0.3) is 0 Å². The molecule has 4 amide bonds. The molecule has 1 atom stereocenters. The number of carbonyl (C=O) groups is 3. The van der Waals surface area contributed by atoms with Crippen molar-refractivity contribution in [2.24, 2.45) is 5.41 Å². The number of hydrogen-bond donors (Lipinski definition) is 1. The van der Waals surface area contributed by atoms with Gasteiger partial charge >= 0.3 is 6.03 Å². The number of rotatable bonds is 5. The van der Waals surface area contributed by atoms with Gasteiger partial charge in [0, 0.05) is 19.1 Å². The Balaban J connectivity index is 2.01. The highest BCUT2D eigenvalue weighted by molar-refractivity contribution is 6.19. The molecule has 1 heterocycles. The summed E-state index contributed by atoms with van der Waals surface area (Å²) in [7, 11) is 1.98. The zero-order valence-corrected chi connectivity index (χ0v) is 12.4. The summed E-state index contributed by atoms with van der Waals surface area (Å²) >= 11 is 0. The molecule has 0 aromatic rings. The summed E-state index contributed by atoms with van der Waals surface area (Å²) in [6, 6.07) is -0.174. The van der Waals surface area contributed by atoms with E-state index in [1.807, 2.05) is 7.05 Å². The third-order valence-corrected chi connectivity index (χ3v) is 4.78. The standard InChI is InChI=1S/C14H23N3O3/c1-4-10(2)16(3)8-9-17-12(19)14(6-5-7-14)11(18)15-13(17)20/h10H,4-9H2,1-3H3,(H,15,18,20). The maximum absolute atomic E-state index is 12.4. The van der Waals surface area contributed by atoms with E-state index >= 15 is 0 Å². The maximum atomic E-state index is 12.4. The first kappa shape index (κ1) is 15.0. The second-order valence-corrected chi connectivity index (χ2v) is 5.89. The normalized spacial score (nSPS) is 23.0. The molecule has 20 heavy (non-hydrogen) atoms. The lowest BCUT2D eigenvalue weighted by atomic mass is 9.66. The number of imide groups is 2. The largest absolute Gasteiger partial charge is 0.330 e. The molecule has 1 aliphatic carbocycles. The highest BCUT2D eigenvalue weighted by atomic mass is 16.2. The number of nitrogens with zero attached hydrogens (tertiary/aromatic N) is 2. The van der Waals surface area contributed by atoms with E-state index in [9.17, 15) is 14.4 Å². The molecule has 6 nitrogen and oxygen atoms in total. The zero-order chi connectivity index (χ0) is 14.9. The van der Waals surface area contributed by atoms with Crippen molar-refractivity contribution in [3.63, 3.8) is 0 Å². The molecule has 1 saturated heterocycles. The van der Waals surface area contributed by atoms with Crippen molar-refractivity contribution in [3.05, 3.63) is 0 Å². The van der Waals surface area contributed by atoms with Crippen molar-refractivity contribution in [1.82, 2.24) is 15.1 Å². The summed E-state index contributed by atoms with van der Waals surface area (Å²) in [4.78, 5) is 39.5. The minimum atomic E-state index is -0.956. The fourth-order valence-corrected chi connectivity index (χ4v) is 2.70. The van der Waals surface area contributed by atoms with Crippen molar-refractivity contribution in [1.29, 1.82) is 0 Å². The minimum Gasteiger partial charge on any atom is -0.302 e. The maximum Gasteiger partial charge on any atom is 0.330 e. The van der Waals surface area contributed by atoms with Crippen LogP contribution in [-0.4, -0.2) is 53.8 Å². The molecule has 0 radical (unpaired) electrons. The van der Waals surface area contributed by atoms with E-state index in [0.29, 0.717) is 32.0 Å². The van der Waals surface area contributed by atoms with Crippen LogP contribution in [-0.2, 0) is 9.59 Å². The predicted octanol–water partition coefficient (Wildman–Crippen LogP) is 0.965. The third-order valence-electron chi connectivity index (χ3n) is 4.78. The first-order chi connectivity index (χ1) is 9.42. The Labute approximate surface area is 119 Å². The Morgan fingerprint density at radius 1 is 1.35 bits per heavy atom. The van der Waals surface area contributed by atoms with E-state index in [0.717, 1.165) is 12.8 Å². The Bertz CT molecular complexity index is 431. The van der Waals surface area contributed by atoms with Gasteiger partial charge in [-0.3, -0.25) is 19.8 Å². The first-order valence-corrected chi connectivity index (χ1v) is 7.30. The Kier molecular flexibility index (Phi) is 4.13. The highest BCUT2D eigenvalue weighted by Gasteiger charge is 2.57. The minimum absolute atomic E-state index is 0.310. The fourth-order valence-electron chi connectivity index (χ4n) is 2.70. The number of barbiturate groups is 1. The molecule has 0 aromatic heterocycles.